The van der Waals surface area contributed by atoms with Gasteiger partial charge >= 0.3 is 0 Å². The third-order valence-corrected chi connectivity index (χ3v) is 19.7. The number of aryl methyl sites for hydroxylation is 2. The van der Waals surface area contributed by atoms with Crippen molar-refractivity contribution in [2.24, 2.45) is 0 Å². The van der Waals surface area contributed by atoms with Crippen molar-refractivity contribution >= 4 is 46.4 Å². The summed E-state index contributed by atoms with van der Waals surface area (Å²) in [6, 6.07) is 41.2. The molecule has 8 aliphatic rings. The number of fused-ring (bicyclic) bond motifs is 4. The number of carbonyl (C=O) groups is 4. The second-order valence-corrected chi connectivity index (χ2v) is 27.1. The largest absolute Gasteiger partial charge is 0.489 e. The van der Waals surface area contributed by atoms with Gasteiger partial charge in [0.1, 0.15) is 36.9 Å². The Labute approximate surface area is 578 Å². The first kappa shape index (κ1) is 71.6. The van der Waals surface area contributed by atoms with Crippen LogP contribution in [0.15, 0.2) is 134 Å². The highest BCUT2D eigenvalue weighted by molar-refractivity contribution is 5.99. The number of aliphatic hydroxyl groups excluding tert-OH is 1. The third-order valence-electron chi connectivity index (χ3n) is 19.7. The average molecular weight is 1340 g/mol. The van der Waals surface area contributed by atoms with Crippen molar-refractivity contribution in [1.82, 2.24) is 29.6 Å². The number of nitrogens with zero attached hydrogens (tertiary/aromatic N) is 10. The molecular formula is C77H100N10O11. The summed E-state index contributed by atoms with van der Waals surface area (Å²) in [6.07, 6.45) is 8.24. The van der Waals surface area contributed by atoms with E-state index in [0.717, 1.165) is 117 Å². The molecule has 0 bridgehead atoms. The minimum Gasteiger partial charge on any atom is -0.489 e. The van der Waals surface area contributed by atoms with Gasteiger partial charge in [-0.3, -0.25) is 48.7 Å². The van der Waals surface area contributed by atoms with Crippen LogP contribution in [0.3, 0.4) is 0 Å². The van der Waals surface area contributed by atoms with E-state index in [1.165, 1.54) is 22.3 Å². The van der Waals surface area contributed by atoms with E-state index in [1.54, 1.807) is 12.4 Å². The maximum atomic E-state index is 13.0. The molecule has 4 fully saturated rings. The first-order valence-corrected chi connectivity index (χ1v) is 35.3. The van der Waals surface area contributed by atoms with Crippen LogP contribution in [0, 0.1) is 13.8 Å². The van der Waals surface area contributed by atoms with Crippen molar-refractivity contribution < 1.29 is 52.7 Å². The van der Waals surface area contributed by atoms with Crippen molar-refractivity contribution in [3.63, 3.8) is 0 Å². The quantitative estimate of drug-likeness (QED) is 0.0993. The Kier molecular flexibility index (Phi) is 25.1. The van der Waals surface area contributed by atoms with E-state index in [-0.39, 0.29) is 78.8 Å². The second-order valence-electron chi connectivity index (χ2n) is 27.1. The van der Waals surface area contributed by atoms with Crippen LogP contribution in [0.5, 0.6) is 11.5 Å². The Bertz CT molecular complexity index is 3400. The number of morpholine rings is 4. The van der Waals surface area contributed by atoms with Gasteiger partial charge in [-0.25, -0.2) is 0 Å². The Morgan fingerprint density at radius 2 is 0.704 bits per heavy atom. The zero-order valence-corrected chi connectivity index (χ0v) is 58.3. The summed E-state index contributed by atoms with van der Waals surface area (Å²) in [5.41, 5.74) is 11.0. The van der Waals surface area contributed by atoms with E-state index in [1.807, 2.05) is 124 Å². The van der Waals surface area contributed by atoms with Crippen LogP contribution in [-0.2, 0) is 63.8 Å². The van der Waals surface area contributed by atoms with E-state index < -0.39 is 0 Å². The van der Waals surface area contributed by atoms with Gasteiger partial charge in [0.2, 0.25) is 23.6 Å². The molecule has 0 radical (unpaired) electrons. The summed E-state index contributed by atoms with van der Waals surface area (Å²) in [7, 11) is 0. The number of hydrogen-bond donors (Lipinski definition) is 1. The van der Waals surface area contributed by atoms with Crippen LogP contribution in [0.2, 0.25) is 0 Å². The van der Waals surface area contributed by atoms with Gasteiger partial charge in [-0.2, -0.15) is 0 Å². The number of aromatic nitrogens is 2. The number of anilines is 4. The van der Waals surface area contributed by atoms with E-state index in [4.69, 9.17) is 28.4 Å². The third kappa shape index (κ3) is 18.2. The predicted molar refractivity (Wildman–Crippen MR) is 379 cm³/mol. The van der Waals surface area contributed by atoms with Crippen LogP contribution >= 0.6 is 0 Å². The first-order valence-electron chi connectivity index (χ1n) is 35.3. The monoisotopic (exact) mass is 1340 g/mol. The number of amides is 4. The summed E-state index contributed by atoms with van der Waals surface area (Å²) in [5, 5.41) is 9.18. The molecule has 524 valence electrons. The minimum atomic E-state index is -0.171. The van der Waals surface area contributed by atoms with Crippen LogP contribution < -0.4 is 29.1 Å². The van der Waals surface area contributed by atoms with Gasteiger partial charge < -0.3 is 53.1 Å². The number of aliphatic hydroxyl groups is 1. The number of benzene rings is 4. The molecule has 21 heteroatoms. The van der Waals surface area contributed by atoms with Crippen molar-refractivity contribution in [2.45, 2.75) is 129 Å². The average Bonchev–Trinajstić information content (AvgIpc) is 1.67. The van der Waals surface area contributed by atoms with Crippen LogP contribution in [0.25, 0.3) is 0 Å². The van der Waals surface area contributed by atoms with Crippen LogP contribution in [0.4, 0.5) is 22.7 Å². The molecule has 8 atom stereocenters. The van der Waals surface area contributed by atoms with Crippen molar-refractivity contribution in [2.75, 3.05) is 144 Å². The molecule has 2 aromatic heterocycles. The van der Waals surface area contributed by atoms with Gasteiger partial charge in [0.05, 0.1) is 82.8 Å². The number of ether oxygens (including phenoxy) is 6. The lowest BCUT2D eigenvalue weighted by Crippen LogP contribution is -2.50. The molecule has 4 saturated heterocycles. The smallest absolute Gasteiger partial charge is 0.241 e. The van der Waals surface area contributed by atoms with Gasteiger partial charge in [-0.1, -0.05) is 79.7 Å². The van der Waals surface area contributed by atoms with Gasteiger partial charge in [0.25, 0.3) is 0 Å². The van der Waals surface area contributed by atoms with Gasteiger partial charge in [0, 0.05) is 112 Å². The SMILES string of the molecule is CC1Cc2ccccc2N1C(=O)CN1CCO[C@@H](CO)C1.CC[C@H]1CN(CC(=O)N2c3ccccc3C[C@H]2C)CCO1.Cc1ncccc1OC[C@@H]1CN(CC(=O)N2c3ccccc3C[C@H]2C)CCO1.Cc1ncccc1OC[C@H]1CN(CC(=O)N2c3ccccc3CC2C)CCO1. The molecule has 0 spiro atoms. The first-order chi connectivity index (χ1) is 47.6. The fourth-order valence-electron chi connectivity index (χ4n) is 14.7. The van der Waals surface area contributed by atoms with Crippen molar-refractivity contribution in [3.8, 4) is 11.5 Å². The molecule has 4 aromatic carbocycles. The van der Waals surface area contributed by atoms with E-state index in [2.05, 4.69) is 94.5 Å². The van der Waals surface area contributed by atoms with E-state index in [0.29, 0.717) is 78.8 Å². The van der Waals surface area contributed by atoms with Crippen molar-refractivity contribution in [3.05, 3.63) is 167 Å². The molecule has 0 aliphatic carbocycles. The zero-order valence-electron chi connectivity index (χ0n) is 58.3. The Morgan fingerprint density at radius 3 is 1.01 bits per heavy atom. The molecule has 0 saturated carbocycles. The van der Waals surface area contributed by atoms with Gasteiger partial charge in [0.15, 0.2) is 0 Å². The zero-order chi connectivity index (χ0) is 68.7. The summed E-state index contributed by atoms with van der Waals surface area (Å²) in [5.74, 6) is 2.21. The fraction of sp³-hybridized carbons (Fsp3) is 0.506. The number of para-hydroxylation sites is 4. The van der Waals surface area contributed by atoms with Crippen LogP contribution in [0.1, 0.15) is 74.7 Å². The molecular weight excluding hydrogens is 1240 g/mol. The Hall–Kier alpha value is -7.70. The Morgan fingerprint density at radius 1 is 0.418 bits per heavy atom. The molecule has 10 heterocycles. The number of rotatable bonds is 16. The van der Waals surface area contributed by atoms with Gasteiger partial charge in [-0.05, 0) is 144 Å². The number of carbonyl (C=O) groups excluding carboxylic acids is 4. The van der Waals surface area contributed by atoms with E-state index in [9.17, 15) is 24.3 Å². The normalized spacial score (nSPS) is 23.8. The highest BCUT2D eigenvalue weighted by Crippen LogP contribution is 2.36. The highest BCUT2D eigenvalue weighted by Gasteiger charge is 2.37. The molecule has 98 heavy (non-hydrogen) atoms. The maximum Gasteiger partial charge on any atom is 0.241 e. The molecule has 21 nitrogen and oxygen atoms in total. The fourth-order valence-corrected chi connectivity index (χ4v) is 14.7. The number of pyridine rings is 2. The molecule has 14 rings (SSSR count). The molecule has 2 unspecified atom stereocenters. The summed E-state index contributed by atoms with van der Waals surface area (Å²) in [4.78, 5) is 76.4. The summed E-state index contributed by atoms with van der Waals surface area (Å²) in [6.45, 7) is 25.6. The summed E-state index contributed by atoms with van der Waals surface area (Å²) < 4.78 is 34.6. The van der Waals surface area contributed by atoms with Crippen molar-refractivity contribution in [1.29, 1.82) is 0 Å². The lowest BCUT2D eigenvalue weighted by Gasteiger charge is -2.34. The molecule has 8 aliphatic heterocycles. The lowest BCUT2D eigenvalue weighted by molar-refractivity contribution is -0.123. The maximum absolute atomic E-state index is 13.0. The molecule has 6 aromatic rings. The standard InChI is InChI=1S/2C22H27N3O3.C17H24N2O2.C16H22N2O3/c2*1-16-12-18-6-3-4-7-20(18)25(16)22(26)14-24-10-11-27-19(13-24)15-28-21-8-5-9-23-17(21)2;1-3-15-11-18(8-9-21-15)12-17(20)19-13(2)10-14-6-4-5-7-16(14)19;1-12-8-13-4-2-3-5-15(13)18(12)16(20)10-17-6-7-21-14(9-17)11-19/h2*3-9,16,19H,10-15H2,1-2H3;4-7,13,15H,3,8-12H2,1-2H3;2-5,12,14,19H,6-11H2,1H3/t16?,19-;16-,19+;13-,15+;12?,14-/m1111/s1. The number of hydrogen-bond acceptors (Lipinski definition) is 17. The Balaban J connectivity index is 0.000000133. The predicted octanol–water partition coefficient (Wildman–Crippen LogP) is 7.63. The van der Waals surface area contributed by atoms with Gasteiger partial charge in [-0.15, -0.1) is 0 Å². The molecule has 1 N–H and O–H groups in total. The topological polar surface area (TPSA) is 196 Å². The molecule has 4 amide bonds. The second kappa shape index (κ2) is 34.4. The summed E-state index contributed by atoms with van der Waals surface area (Å²) >= 11 is 0. The lowest BCUT2D eigenvalue weighted by atomic mass is 10.1. The minimum absolute atomic E-state index is 0.00758. The van der Waals surface area contributed by atoms with Crippen LogP contribution in [-0.4, -0.2) is 232 Å². The van der Waals surface area contributed by atoms with E-state index >= 15 is 0 Å². The highest BCUT2D eigenvalue weighted by atomic mass is 16.5.